The quantitative estimate of drug-likeness (QED) is 0.630. The maximum absolute atomic E-state index is 10.8. The van der Waals surface area contributed by atoms with Gasteiger partial charge < -0.3 is 0 Å². The van der Waals surface area contributed by atoms with Crippen LogP contribution in [-0.4, -0.2) is 6.29 Å². The fourth-order valence-corrected chi connectivity index (χ4v) is 2.59. The molecule has 0 N–H and O–H groups in total. The molecule has 0 aliphatic heterocycles. The third-order valence-corrected chi connectivity index (χ3v) is 3.06. The molecule has 0 spiro atoms. The summed E-state index contributed by atoms with van der Waals surface area (Å²) < 4.78 is 1.21. The highest BCUT2D eigenvalue weighted by molar-refractivity contribution is 7.19. The number of carbonyl (C=O) groups is 1. The standard InChI is InChI=1S/C11H10OS/c1-7-3-9(6-12)10-5-8(2)13-11(10)4-7/h3-6H,1-2H3. The molecule has 0 unspecified atom stereocenters. The van der Waals surface area contributed by atoms with Crippen LogP contribution in [0.25, 0.3) is 10.1 Å². The topological polar surface area (TPSA) is 17.1 Å². The van der Waals surface area contributed by atoms with Crippen molar-refractivity contribution in [3.05, 3.63) is 34.2 Å². The third kappa shape index (κ3) is 1.38. The van der Waals surface area contributed by atoms with Gasteiger partial charge in [-0.05, 0) is 37.6 Å². The van der Waals surface area contributed by atoms with Gasteiger partial charge in [0.1, 0.15) is 0 Å². The molecule has 0 fully saturated rings. The second-order valence-electron chi connectivity index (χ2n) is 3.24. The molecule has 0 saturated carbocycles. The minimum absolute atomic E-state index is 0.805. The number of carbonyl (C=O) groups excluding carboxylic acids is 1. The zero-order valence-corrected chi connectivity index (χ0v) is 8.44. The van der Waals surface area contributed by atoms with Crippen molar-refractivity contribution < 1.29 is 4.79 Å². The van der Waals surface area contributed by atoms with E-state index in [2.05, 4.69) is 19.1 Å². The maximum Gasteiger partial charge on any atom is 0.150 e. The Hall–Kier alpha value is -1.15. The Kier molecular flexibility index (Phi) is 1.93. The highest BCUT2D eigenvalue weighted by Crippen LogP contribution is 2.28. The number of hydrogen-bond donors (Lipinski definition) is 0. The van der Waals surface area contributed by atoms with Crippen LogP contribution in [0.2, 0.25) is 0 Å². The van der Waals surface area contributed by atoms with Gasteiger partial charge in [-0.25, -0.2) is 0 Å². The third-order valence-electron chi connectivity index (χ3n) is 2.06. The molecule has 0 atom stereocenters. The molecular weight excluding hydrogens is 180 g/mol. The first kappa shape index (κ1) is 8.45. The number of fused-ring (bicyclic) bond motifs is 1. The molecule has 2 aromatic rings. The van der Waals surface area contributed by atoms with E-state index in [1.54, 1.807) is 11.3 Å². The van der Waals surface area contributed by atoms with Gasteiger partial charge in [-0.3, -0.25) is 4.79 Å². The van der Waals surface area contributed by atoms with Crippen molar-refractivity contribution in [1.29, 1.82) is 0 Å². The van der Waals surface area contributed by atoms with Crippen molar-refractivity contribution >= 4 is 27.7 Å². The van der Waals surface area contributed by atoms with E-state index in [1.807, 2.05) is 13.0 Å². The van der Waals surface area contributed by atoms with Crippen LogP contribution in [0.5, 0.6) is 0 Å². The lowest BCUT2D eigenvalue weighted by atomic mass is 10.1. The summed E-state index contributed by atoms with van der Waals surface area (Å²) >= 11 is 1.74. The van der Waals surface area contributed by atoms with E-state index in [0.29, 0.717) is 0 Å². The number of hydrogen-bond acceptors (Lipinski definition) is 2. The molecule has 0 radical (unpaired) electrons. The average Bonchev–Trinajstić information content (AvgIpc) is 2.43. The molecule has 0 saturated heterocycles. The van der Waals surface area contributed by atoms with Gasteiger partial charge in [-0.15, -0.1) is 11.3 Å². The normalized spacial score (nSPS) is 10.6. The Bertz CT molecular complexity index is 468. The fourth-order valence-electron chi connectivity index (χ4n) is 1.53. The number of aryl methyl sites for hydroxylation is 2. The van der Waals surface area contributed by atoms with E-state index >= 15 is 0 Å². The first-order valence-electron chi connectivity index (χ1n) is 4.16. The summed E-state index contributed by atoms with van der Waals surface area (Å²) in [5.74, 6) is 0. The Morgan fingerprint density at radius 3 is 2.69 bits per heavy atom. The summed E-state index contributed by atoms with van der Waals surface area (Å²) in [7, 11) is 0. The Balaban J connectivity index is 2.88. The Morgan fingerprint density at radius 1 is 1.23 bits per heavy atom. The first-order chi connectivity index (χ1) is 6.20. The molecule has 0 aliphatic rings. The van der Waals surface area contributed by atoms with Crippen LogP contribution in [0.3, 0.4) is 0 Å². The van der Waals surface area contributed by atoms with Crippen LogP contribution in [0.1, 0.15) is 20.8 Å². The molecule has 0 aliphatic carbocycles. The van der Waals surface area contributed by atoms with Crippen molar-refractivity contribution in [2.24, 2.45) is 0 Å². The fraction of sp³-hybridized carbons (Fsp3) is 0.182. The predicted molar refractivity (Wildman–Crippen MR) is 56.7 cm³/mol. The zero-order chi connectivity index (χ0) is 9.42. The monoisotopic (exact) mass is 190 g/mol. The molecule has 1 aromatic carbocycles. The summed E-state index contributed by atoms with van der Waals surface area (Å²) in [4.78, 5) is 12.0. The summed E-state index contributed by atoms with van der Waals surface area (Å²) in [5.41, 5.74) is 1.95. The smallest absolute Gasteiger partial charge is 0.150 e. The highest BCUT2D eigenvalue weighted by atomic mass is 32.1. The lowest BCUT2D eigenvalue weighted by Crippen LogP contribution is -1.81. The van der Waals surface area contributed by atoms with Gasteiger partial charge in [0.2, 0.25) is 0 Å². The summed E-state index contributed by atoms with van der Waals surface area (Å²) in [6, 6.07) is 6.13. The highest BCUT2D eigenvalue weighted by Gasteiger charge is 2.04. The predicted octanol–water partition coefficient (Wildman–Crippen LogP) is 3.33. The average molecular weight is 190 g/mol. The van der Waals surface area contributed by atoms with Crippen molar-refractivity contribution in [3.63, 3.8) is 0 Å². The molecule has 13 heavy (non-hydrogen) atoms. The van der Waals surface area contributed by atoms with Crippen molar-refractivity contribution in [2.45, 2.75) is 13.8 Å². The summed E-state index contributed by atoms with van der Waals surface area (Å²) in [6.45, 7) is 4.08. The van der Waals surface area contributed by atoms with E-state index < -0.39 is 0 Å². The number of rotatable bonds is 1. The Morgan fingerprint density at radius 2 is 2.00 bits per heavy atom. The van der Waals surface area contributed by atoms with Gasteiger partial charge >= 0.3 is 0 Å². The second-order valence-corrected chi connectivity index (χ2v) is 4.53. The lowest BCUT2D eigenvalue weighted by Gasteiger charge is -1.96. The van der Waals surface area contributed by atoms with Crippen LogP contribution in [-0.2, 0) is 0 Å². The SMILES string of the molecule is Cc1cc(C=O)c2cc(C)sc2c1. The van der Waals surface area contributed by atoms with E-state index in [0.717, 1.165) is 22.8 Å². The molecule has 0 amide bonds. The number of thiophene rings is 1. The molecule has 0 bridgehead atoms. The van der Waals surface area contributed by atoms with Crippen molar-refractivity contribution in [1.82, 2.24) is 0 Å². The number of aldehydes is 1. The van der Waals surface area contributed by atoms with Gasteiger partial charge in [0.25, 0.3) is 0 Å². The zero-order valence-electron chi connectivity index (χ0n) is 7.63. The minimum Gasteiger partial charge on any atom is -0.298 e. The van der Waals surface area contributed by atoms with Gasteiger partial charge in [0, 0.05) is 20.5 Å². The van der Waals surface area contributed by atoms with Crippen LogP contribution in [0, 0.1) is 13.8 Å². The minimum atomic E-state index is 0.805. The molecule has 1 aromatic heterocycles. The molecule has 1 heterocycles. The molecule has 2 heteroatoms. The summed E-state index contributed by atoms with van der Waals surface area (Å²) in [6.07, 6.45) is 0.932. The van der Waals surface area contributed by atoms with Gasteiger partial charge in [-0.1, -0.05) is 0 Å². The number of benzene rings is 1. The molecule has 66 valence electrons. The van der Waals surface area contributed by atoms with Crippen LogP contribution in [0.4, 0.5) is 0 Å². The van der Waals surface area contributed by atoms with Gasteiger partial charge in [0.15, 0.2) is 6.29 Å². The maximum atomic E-state index is 10.8. The largest absolute Gasteiger partial charge is 0.298 e. The van der Waals surface area contributed by atoms with Crippen molar-refractivity contribution in [2.75, 3.05) is 0 Å². The summed E-state index contributed by atoms with van der Waals surface area (Å²) in [5, 5.41) is 1.09. The van der Waals surface area contributed by atoms with Crippen LogP contribution in [0.15, 0.2) is 18.2 Å². The van der Waals surface area contributed by atoms with Gasteiger partial charge in [0.05, 0.1) is 0 Å². The molecule has 1 nitrogen and oxygen atoms in total. The van der Waals surface area contributed by atoms with E-state index in [9.17, 15) is 4.79 Å². The molecular formula is C11H10OS. The second kappa shape index (κ2) is 2.96. The van der Waals surface area contributed by atoms with Crippen LogP contribution >= 0.6 is 11.3 Å². The lowest BCUT2D eigenvalue weighted by molar-refractivity contribution is 0.112. The van der Waals surface area contributed by atoms with E-state index in [-0.39, 0.29) is 0 Å². The Labute approximate surface area is 81.0 Å². The molecule has 2 rings (SSSR count). The van der Waals surface area contributed by atoms with Gasteiger partial charge in [-0.2, -0.15) is 0 Å². The van der Waals surface area contributed by atoms with E-state index in [4.69, 9.17) is 0 Å². The van der Waals surface area contributed by atoms with Crippen molar-refractivity contribution in [3.8, 4) is 0 Å². The van der Waals surface area contributed by atoms with E-state index in [1.165, 1.54) is 9.58 Å². The van der Waals surface area contributed by atoms with Crippen LogP contribution < -0.4 is 0 Å². The first-order valence-corrected chi connectivity index (χ1v) is 4.98.